The lowest BCUT2D eigenvalue weighted by atomic mass is 10.3. The minimum Gasteiger partial charge on any atom is -0.461 e. The number of likely N-dealkylation sites (N-methyl/N-ethyl adjacent to an activating group) is 1. The van der Waals surface area contributed by atoms with Crippen molar-refractivity contribution in [1.82, 2.24) is 5.16 Å². The summed E-state index contributed by atoms with van der Waals surface area (Å²) < 4.78 is 10.5. The monoisotopic (exact) mass is 346 g/mol. The fraction of sp³-hybridized carbons (Fsp3) is 0.176. The van der Waals surface area contributed by atoms with Crippen molar-refractivity contribution >= 4 is 23.2 Å². The summed E-state index contributed by atoms with van der Waals surface area (Å²) in [6.07, 6.45) is 1.58. The van der Waals surface area contributed by atoms with Gasteiger partial charge < -0.3 is 19.2 Å². The highest BCUT2D eigenvalue weighted by Gasteiger charge is 2.15. The molecular formula is C17H17ClN3O3+. The van der Waals surface area contributed by atoms with E-state index in [9.17, 15) is 4.79 Å². The van der Waals surface area contributed by atoms with E-state index in [-0.39, 0.29) is 12.5 Å². The molecule has 0 fully saturated rings. The van der Waals surface area contributed by atoms with Crippen molar-refractivity contribution < 1.29 is 18.6 Å². The molecule has 0 aliphatic heterocycles. The molecule has 3 aromatic rings. The third-order valence-electron chi connectivity index (χ3n) is 3.42. The molecule has 2 aromatic heterocycles. The third kappa shape index (κ3) is 4.04. The van der Waals surface area contributed by atoms with E-state index in [0.29, 0.717) is 28.8 Å². The number of anilines is 1. The number of rotatable bonds is 6. The van der Waals surface area contributed by atoms with E-state index in [1.54, 1.807) is 30.5 Å². The summed E-state index contributed by atoms with van der Waals surface area (Å²) in [7, 11) is 1.91. The molecule has 1 atom stereocenters. The second-order valence-corrected chi connectivity index (χ2v) is 5.91. The van der Waals surface area contributed by atoms with Crippen LogP contribution in [0.3, 0.4) is 0 Å². The second kappa shape index (κ2) is 7.33. The number of halogens is 1. The lowest BCUT2D eigenvalue weighted by Crippen LogP contribution is -3.08. The van der Waals surface area contributed by atoms with Crippen LogP contribution in [0.2, 0.25) is 5.02 Å². The van der Waals surface area contributed by atoms with Gasteiger partial charge in [-0.3, -0.25) is 4.79 Å². The molecule has 6 nitrogen and oxygen atoms in total. The molecule has 7 heteroatoms. The predicted molar refractivity (Wildman–Crippen MR) is 89.7 cm³/mol. The van der Waals surface area contributed by atoms with Gasteiger partial charge in [0, 0.05) is 6.07 Å². The molecule has 0 saturated carbocycles. The first-order valence-electron chi connectivity index (χ1n) is 7.47. The van der Waals surface area contributed by atoms with Gasteiger partial charge in [0.05, 0.1) is 24.0 Å². The van der Waals surface area contributed by atoms with E-state index in [0.717, 1.165) is 10.6 Å². The average molecular weight is 347 g/mol. The molecule has 0 aliphatic carbocycles. The van der Waals surface area contributed by atoms with E-state index < -0.39 is 0 Å². The molecule has 0 bridgehead atoms. The number of amides is 1. The zero-order chi connectivity index (χ0) is 16.9. The average Bonchev–Trinajstić information content (AvgIpc) is 3.20. The summed E-state index contributed by atoms with van der Waals surface area (Å²) in [5.74, 6) is 1.08. The summed E-state index contributed by atoms with van der Waals surface area (Å²) in [6.45, 7) is 0.842. The maximum atomic E-state index is 12.1. The Balaban J connectivity index is 1.55. The maximum Gasteiger partial charge on any atom is 0.279 e. The molecule has 2 heterocycles. The predicted octanol–water partition coefficient (Wildman–Crippen LogP) is 2.24. The molecule has 1 aromatic carbocycles. The molecule has 0 aliphatic rings. The first-order valence-corrected chi connectivity index (χ1v) is 7.85. The van der Waals surface area contributed by atoms with Crippen molar-refractivity contribution in [3.8, 4) is 11.5 Å². The SMILES string of the molecule is C[NH+](CC(=O)Nc1ccccc1Cl)Cc1cc(-c2ccco2)on1. The smallest absolute Gasteiger partial charge is 0.279 e. The van der Waals surface area contributed by atoms with Gasteiger partial charge in [0.1, 0.15) is 12.2 Å². The van der Waals surface area contributed by atoms with Crippen molar-refractivity contribution in [1.29, 1.82) is 0 Å². The lowest BCUT2D eigenvalue weighted by molar-refractivity contribution is -0.885. The topological polar surface area (TPSA) is 72.7 Å². The Bertz CT molecular complexity index is 814. The zero-order valence-corrected chi connectivity index (χ0v) is 13.8. The van der Waals surface area contributed by atoms with Crippen LogP contribution in [0.1, 0.15) is 5.69 Å². The van der Waals surface area contributed by atoms with Crippen LogP contribution in [-0.2, 0) is 11.3 Å². The quantitative estimate of drug-likeness (QED) is 0.718. The highest BCUT2D eigenvalue weighted by atomic mass is 35.5. The van der Waals surface area contributed by atoms with Gasteiger partial charge in [-0.05, 0) is 24.3 Å². The van der Waals surface area contributed by atoms with Crippen LogP contribution >= 0.6 is 11.6 Å². The van der Waals surface area contributed by atoms with Crippen LogP contribution in [0.25, 0.3) is 11.5 Å². The van der Waals surface area contributed by atoms with Gasteiger partial charge in [0.15, 0.2) is 12.3 Å². The lowest BCUT2D eigenvalue weighted by Gasteiger charge is -2.12. The van der Waals surface area contributed by atoms with Crippen LogP contribution in [0.4, 0.5) is 5.69 Å². The number of nitrogens with zero attached hydrogens (tertiary/aromatic N) is 1. The molecule has 0 radical (unpaired) electrons. The molecule has 0 spiro atoms. The van der Waals surface area contributed by atoms with Gasteiger partial charge in [-0.2, -0.15) is 0 Å². The van der Waals surface area contributed by atoms with Gasteiger partial charge in [0.2, 0.25) is 5.76 Å². The Kier molecular flexibility index (Phi) is 4.98. The Morgan fingerprint density at radius 1 is 1.25 bits per heavy atom. The van der Waals surface area contributed by atoms with Gasteiger partial charge in [-0.15, -0.1) is 0 Å². The standard InChI is InChI=1S/C17H16ClN3O3/c1-21(11-17(22)19-14-6-3-2-5-13(14)18)10-12-9-16(24-20-12)15-7-4-8-23-15/h2-9H,10-11H2,1H3,(H,19,22)/p+1. The van der Waals surface area contributed by atoms with E-state index in [1.165, 1.54) is 0 Å². The molecule has 1 amide bonds. The van der Waals surface area contributed by atoms with E-state index in [4.69, 9.17) is 20.5 Å². The van der Waals surface area contributed by atoms with Crippen LogP contribution < -0.4 is 10.2 Å². The van der Waals surface area contributed by atoms with Gasteiger partial charge in [0.25, 0.3) is 5.91 Å². The summed E-state index contributed by atoms with van der Waals surface area (Å²) in [6, 6.07) is 12.5. The first-order chi connectivity index (χ1) is 11.6. The first kappa shape index (κ1) is 16.3. The summed E-state index contributed by atoms with van der Waals surface area (Å²) in [4.78, 5) is 13.1. The van der Waals surface area contributed by atoms with Crippen LogP contribution in [0, 0.1) is 0 Å². The Morgan fingerprint density at radius 3 is 2.83 bits per heavy atom. The molecule has 124 valence electrons. The van der Waals surface area contributed by atoms with E-state index >= 15 is 0 Å². The van der Waals surface area contributed by atoms with Crippen molar-refractivity contribution in [2.45, 2.75) is 6.54 Å². The van der Waals surface area contributed by atoms with Crippen molar-refractivity contribution in [2.24, 2.45) is 0 Å². The fourth-order valence-corrected chi connectivity index (χ4v) is 2.52. The minimum absolute atomic E-state index is 0.115. The molecule has 1 unspecified atom stereocenters. The summed E-state index contributed by atoms with van der Waals surface area (Å²) in [5, 5.41) is 7.33. The number of para-hydroxylation sites is 1. The van der Waals surface area contributed by atoms with Crippen molar-refractivity contribution in [3.05, 3.63) is 59.4 Å². The zero-order valence-electron chi connectivity index (χ0n) is 13.1. The Hall–Kier alpha value is -2.57. The van der Waals surface area contributed by atoms with Crippen molar-refractivity contribution in [3.63, 3.8) is 0 Å². The number of aromatic nitrogens is 1. The van der Waals surface area contributed by atoms with Crippen molar-refractivity contribution in [2.75, 3.05) is 18.9 Å². The van der Waals surface area contributed by atoms with Gasteiger partial charge >= 0.3 is 0 Å². The summed E-state index contributed by atoms with van der Waals surface area (Å²) >= 11 is 6.03. The molecular weight excluding hydrogens is 330 g/mol. The highest BCUT2D eigenvalue weighted by molar-refractivity contribution is 6.33. The third-order valence-corrected chi connectivity index (χ3v) is 3.75. The van der Waals surface area contributed by atoms with Crippen LogP contribution in [0.5, 0.6) is 0 Å². The van der Waals surface area contributed by atoms with Gasteiger partial charge in [-0.1, -0.05) is 28.9 Å². The van der Waals surface area contributed by atoms with E-state index in [2.05, 4.69) is 10.5 Å². The number of nitrogens with one attached hydrogen (secondary N) is 2. The number of furan rings is 1. The fourth-order valence-electron chi connectivity index (χ4n) is 2.33. The van der Waals surface area contributed by atoms with Crippen LogP contribution in [0.15, 0.2) is 57.7 Å². The number of hydrogen-bond donors (Lipinski definition) is 2. The Morgan fingerprint density at radius 2 is 2.08 bits per heavy atom. The number of quaternary nitrogens is 1. The second-order valence-electron chi connectivity index (χ2n) is 5.50. The minimum atomic E-state index is -0.115. The largest absolute Gasteiger partial charge is 0.461 e. The normalized spacial score (nSPS) is 12.1. The number of carbonyl (C=O) groups excluding carboxylic acids is 1. The number of hydrogen-bond acceptors (Lipinski definition) is 4. The van der Waals surface area contributed by atoms with Crippen LogP contribution in [-0.4, -0.2) is 24.7 Å². The van der Waals surface area contributed by atoms with Gasteiger partial charge in [-0.25, -0.2) is 0 Å². The Labute approximate surface area is 144 Å². The molecule has 2 N–H and O–H groups in total. The number of carbonyl (C=O) groups is 1. The van der Waals surface area contributed by atoms with E-state index in [1.807, 2.05) is 25.2 Å². The summed E-state index contributed by atoms with van der Waals surface area (Å²) in [5.41, 5.74) is 1.36. The highest BCUT2D eigenvalue weighted by Crippen LogP contribution is 2.21. The maximum absolute atomic E-state index is 12.1. The molecule has 24 heavy (non-hydrogen) atoms. The molecule has 0 saturated heterocycles. The molecule has 3 rings (SSSR count). The number of benzene rings is 1.